The molecule has 0 radical (unpaired) electrons. The van der Waals surface area contributed by atoms with Crippen LogP contribution < -0.4 is 34.7 Å². The van der Waals surface area contributed by atoms with Crippen LogP contribution in [0.2, 0.25) is 0 Å². The van der Waals surface area contributed by atoms with Crippen molar-refractivity contribution in [2.45, 2.75) is 6.59 Å². The molecule has 0 aliphatic carbocycles. The van der Waals surface area contributed by atoms with Crippen LogP contribution in [0.1, 0.15) is 1.37 Å². The number of halogens is 2. The smallest absolute Gasteiger partial charge is 0.801 e. The van der Waals surface area contributed by atoms with Crippen LogP contribution >= 0.6 is 0 Å². The SMILES string of the molecule is [2H]C([O-])(F)F.[Na+]. The van der Waals surface area contributed by atoms with E-state index in [-0.39, 0.29) is 29.6 Å². The predicted octanol–water partition coefficient (Wildman–Crippen LogP) is -3.43. The van der Waals surface area contributed by atoms with Crippen LogP contribution in [0.4, 0.5) is 8.78 Å². The van der Waals surface area contributed by atoms with Gasteiger partial charge >= 0.3 is 29.6 Å². The van der Waals surface area contributed by atoms with Gasteiger partial charge in [-0.3, -0.25) is 0 Å². The van der Waals surface area contributed by atoms with Gasteiger partial charge in [-0.05, 0) is 0 Å². The Morgan fingerprint density at radius 3 is 1.80 bits per heavy atom. The molecule has 26 valence electrons. The molecule has 0 aliphatic heterocycles. The van der Waals surface area contributed by atoms with Crippen molar-refractivity contribution in [2.24, 2.45) is 0 Å². The van der Waals surface area contributed by atoms with Gasteiger partial charge < -0.3 is 5.11 Å². The third kappa shape index (κ3) is 57.0. The number of rotatable bonds is 0. The number of alkyl halides is 2. The number of hydrogen-bond acceptors (Lipinski definition) is 1. The maximum absolute atomic E-state index is 10.1. The van der Waals surface area contributed by atoms with E-state index < -0.39 is 6.59 Å². The molecule has 0 unspecified atom stereocenters. The topological polar surface area (TPSA) is 23.1 Å². The molecule has 4 heteroatoms. The Kier molecular flexibility index (Phi) is 5.61. The Hall–Kier alpha value is 0.820. The van der Waals surface area contributed by atoms with E-state index in [9.17, 15) is 8.78 Å². The molecular weight excluding hydrogens is 89.0 g/mol. The van der Waals surface area contributed by atoms with E-state index in [4.69, 9.17) is 6.48 Å². The van der Waals surface area contributed by atoms with Crippen molar-refractivity contribution >= 4 is 0 Å². The second-order valence-electron chi connectivity index (χ2n) is 0.226. The average molecular weight is 91.0 g/mol. The third-order valence-corrected chi connectivity index (χ3v) is 0. The second-order valence-corrected chi connectivity index (χ2v) is 0.226. The Balaban J connectivity index is 0. The zero-order valence-corrected chi connectivity index (χ0v) is 4.66. The summed E-state index contributed by atoms with van der Waals surface area (Å²) in [5.74, 6) is 0. The van der Waals surface area contributed by atoms with Gasteiger partial charge in [0.15, 0.2) is 6.59 Å². The van der Waals surface area contributed by atoms with Gasteiger partial charge in [-0.2, -0.15) is 0 Å². The molecule has 0 saturated carbocycles. The van der Waals surface area contributed by atoms with Crippen molar-refractivity contribution in [3.05, 3.63) is 0 Å². The van der Waals surface area contributed by atoms with Crippen molar-refractivity contribution in [2.75, 3.05) is 0 Å². The van der Waals surface area contributed by atoms with E-state index in [1.165, 1.54) is 0 Å². The molecule has 0 aromatic heterocycles. The van der Waals surface area contributed by atoms with Gasteiger partial charge in [0.05, 0.1) is 1.37 Å². The molecule has 0 aromatic rings. The fourth-order valence-electron chi connectivity index (χ4n) is 0. The summed E-state index contributed by atoms with van der Waals surface area (Å²) < 4.78 is 25.3. The van der Waals surface area contributed by atoms with Crippen LogP contribution in [0.5, 0.6) is 0 Å². The molecule has 0 aliphatic rings. The van der Waals surface area contributed by atoms with Gasteiger partial charge in [0.25, 0.3) is 0 Å². The van der Waals surface area contributed by atoms with Crippen LogP contribution in [0, 0.1) is 0 Å². The third-order valence-electron chi connectivity index (χ3n) is 0. The van der Waals surface area contributed by atoms with E-state index in [1.54, 1.807) is 0 Å². The van der Waals surface area contributed by atoms with Crippen molar-refractivity contribution in [3.63, 3.8) is 0 Å². The van der Waals surface area contributed by atoms with Crippen LogP contribution in [0.15, 0.2) is 0 Å². The van der Waals surface area contributed by atoms with Gasteiger partial charge in [0, 0.05) is 0 Å². The zero-order valence-electron chi connectivity index (χ0n) is 3.66. The molecule has 1 nitrogen and oxygen atoms in total. The average Bonchev–Trinajstić information content (AvgIpc) is 0.722. The first-order valence-electron chi connectivity index (χ1n) is 1.08. The fraction of sp³-hybridized carbons (Fsp3) is 1.00. The first-order valence-corrected chi connectivity index (χ1v) is 0.582. The summed E-state index contributed by atoms with van der Waals surface area (Å²) in [4.78, 5) is 0. The van der Waals surface area contributed by atoms with Gasteiger partial charge in [-0.25, -0.2) is 8.78 Å². The predicted molar refractivity (Wildman–Crippen MR) is 6.00 cm³/mol. The first kappa shape index (κ1) is 5.82. The zero-order chi connectivity index (χ0) is 4.50. The molecule has 0 N–H and O–H groups in total. The maximum Gasteiger partial charge on any atom is 1.00 e. The Morgan fingerprint density at radius 2 is 1.80 bits per heavy atom. The molecule has 0 aromatic carbocycles. The van der Waals surface area contributed by atoms with Crippen LogP contribution in [-0.4, -0.2) is 6.59 Å². The van der Waals surface area contributed by atoms with Gasteiger partial charge in [-0.1, -0.05) is 0 Å². The Bertz CT molecular complexity index is 29.0. The standard InChI is InChI=1S/CHF2O.Na/c2-1(3)4;/h1H;/q-1;+1/i1D;. The molecular formula is CHF2NaO. The van der Waals surface area contributed by atoms with Crippen LogP contribution in [0.25, 0.3) is 0 Å². The fourth-order valence-corrected chi connectivity index (χ4v) is 0. The minimum absolute atomic E-state index is 0. The minimum atomic E-state index is -4.50. The summed E-state index contributed by atoms with van der Waals surface area (Å²) in [5, 5.41) is 8.44. The van der Waals surface area contributed by atoms with Crippen LogP contribution in [0.3, 0.4) is 0 Å². The molecule has 5 heavy (non-hydrogen) atoms. The second kappa shape index (κ2) is 4.82. The van der Waals surface area contributed by atoms with E-state index in [1.807, 2.05) is 0 Å². The summed E-state index contributed by atoms with van der Waals surface area (Å²) in [6, 6.07) is 0. The van der Waals surface area contributed by atoms with E-state index in [0.29, 0.717) is 0 Å². The summed E-state index contributed by atoms with van der Waals surface area (Å²) >= 11 is 0. The van der Waals surface area contributed by atoms with Crippen molar-refractivity contribution in [1.82, 2.24) is 0 Å². The first-order chi connectivity index (χ1) is 2.00. The quantitative estimate of drug-likeness (QED) is 0.285. The van der Waals surface area contributed by atoms with Gasteiger partial charge in [0.1, 0.15) is 0 Å². The van der Waals surface area contributed by atoms with Gasteiger partial charge in [0.2, 0.25) is 0 Å². The Morgan fingerprint density at radius 1 is 1.80 bits per heavy atom. The molecule has 0 spiro atoms. The maximum atomic E-state index is 10.1. The minimum Gasteiger partial charge on any atom is -0.801 e. The molecule has 0 bridgehead atoms. The molecule has 0 heterocycles. The summed E-state index contributed by atoms with van der Waals surface area (Å²) in [6.07, 6.45) is 0. The van der Waals surface area contributed by atoms with Crippen molar-refractivity contribution in [3.8, 4) is 0 Å². The normalized spacial score (nSPS) is 12.2. The molecule has 0 fully saturated rings. The molecule has 0 atom stereocenters. The largest absolute Gasteiger partial charge is 1.00 e. The molecule has 0 saturated heterocycles. The van der Waals surface area contributed by atoms with Crippen LogP contribution in [-0.2, 0) is 0 Å². The van der Waals surface area contributed by atoms with Crippen molar-refractivity contribution < 1.29 is 44.8 Å². The van der Waals surface area contributed by atoms with Gasteiger partial charge in [-0.15, -0.1) is 0 Å². The molecule has 0 rings (SSSR count). The summed E-state index contributed by atoms with van der Waals surface area (Å²) in [7, 11) is 0. The van der Waals surface area contributed by atoms with E-state index >= 15 is 0 Å². The van der Waals surface area contributed by atoms with E-state index in [0.717, 1.165) is 0 Å². The monoisotopic (exact) mass is 91.0 g/mol. The molecule has 0 amide bonds. The summed E-state index contributed by atoms with van der Waals surface area (Å²) in [6.45, 7) is -4.50. The number of hydrogen-bond donors (Lipinski definition) is 0. The Labute approximate surface area is 51.7 Å². The van der Waals surface area contributed by atoms with E-state index in [2.05, 4.69) is 0 Å². The van der Waals surface area contributed by atoms with Crippen molar-refractivity contribution in [1.29, 1.82) is 0 Å². The summed E-state index contributed by atoms with van der Waals surface area (Å²) in [5.41, 5.74) is 0.